The maximum Gasteiger partial charge on any atom is 0.287 e. The molecule has 0 spiro atoms. The molecule has 1 amide bonds. The van der Waals surface area contributed by atoms with Gasteiger partial charge in [0.2, 0.25) is 0 Å². The Morgan fingerprint density at radius 2 is 2.11 bits per heavy atom. The highest BCUT2D eigenvalue weighted by atomic mass is 35.5. The lowest BCUT2D eigenvalue weighted by molar-refractivity contribution is -0.384. The number of hydrogen-bond acceptors (Lipinski definition) is 4. The number of aromatic nitrogens is 1. The van der Waals surface area contributed by atoms with E-state index in [9.17, 15) is 14.9 Å². The number of nitro groups is 1. The van der Waals surface area contributed by atoms with Crippen LogP contribution in [0.1, 0.15) is 23.3 Å². The maximum atomic E-state index is 12.1. The van der Waals surface area contributed by atoms with Gasteiger partial charge < -0.3 is 15.2 Å². The van der Waals surface area contributed by atoms with Gasteiger partial charge >= 0.3 is 0 Å². The topological polar surface area (TPSA) is 91.3 Å². The zero-order valence-corrected chi connectivity index (χ0v) is 11.4. The number of carbonyl (C=O) groups is 1. The Bertz CT molecular complexity index is 457. The van der Waals surface area contributed by atoms with Gasteiger partial charge in [0.25, 0.3) is 11.6 Å². The van der Waals surface area contributed by atoms with Crippen molar-refractivity contribution in [3.8, 4) is 0 Å². The molecule has 0 unspecified atom stereocenters. The number of hydrogen-bond donors (Lipinski definition) is 2. The first-order valence-corrected chi connectivity index (χ1v) is 5.90. The van der Waals surface area contributed by atoms with Gasteiger partial charge in [-0.3, -0.25) is 14.9 Å². The Morgan fingerprint density at radius 3 is 2.63 bits per heavy atom. The van der Waals surface area contributed by atoms with Crippen LogP contribution < -0.4 is 5.32 Å². The van der Waals surface area contributed by atoms with Crippen LogP contribution in [-0.2, 0) is 0 Å². The first-order chi connectivity index (χ1) is 8.59. The lowest BCUT2D eigenvalue weighted by Gasteiger charge is -2.31. The van der Waals surface area contributed by atoms with Gasteiger partial charge in [0.1, 0.15) is 5.69 Å². The van der Waals surface area contributed by atoms with Crippen molar-refractivity contribution in [3.63, 3.8) is 0 Å². The molecule has 0 atom stereocenters. The van der Waals surface area contributed by atoms with Crippen LogP contribution in [0.5, 0.6) is 0 Å². The minimum Gasteiger partial charge on any atom is -0.351 e. The number of nitrogens with one attached hydrogen (secondary N) is 2. The zero-order valence-electron chi connectivity index (χ0n) is 10.6. The van der Waals surface area contributed by atoms with Gasteiger partial charge in [-0.05, 0) is 25.9 Å². The van der Waals surface area contributed by atoms with Gasteiger partial charge in [0, 0.05) is 19.2 Å². The molecule has 0 saturated carbocycles. The van der Waals surface area contributed by atoms with Gasteiger partial charge in [0.05, 0.1) is 11.1 Å². The predicted molar refractivity (Wildman–Crippen MR) is 72.7 cm³/mol. The molecule has 0 bridgehead atoms. The van der Waals surface area contributed by atoms with E-state index in [1.165, 1.54) is 12.3 Å². The number of aromatic amines is 1. The van der Waals surface area contributed by atoms with Gasteiger partial charge in [-0.25, -0.2) is 0 Å². The maximum absolute atomic E-state index is 12.1. The summed E-state index contributed by atoms with van der Waals surface area (Å²) in [6, 6.07) is 1.47. The van der Waals surface area contributed by atoms with Crippen LogP contribution in [0.25, 0.3) is 0 Å². The average Bonchev–Trinajstić information content (AvgIpc) is 2.88. The van der Waals surface area contributed by atoms with Crippen LogP contribution in [0.3, 0.4) is 0 Å². The average molecular weight is 289 g/mol. The number of rotatable bonds is 3. The number of halogens is 1. The Labute approximate surface area is 116 Å². The number of H-pyrrole nitrogens is 1. The Hall–Kier alpha value is -1.60. The van der Waals surface area contributed by atoms with Crippen molar-refractivity contribution in [2.24, 2.45) is 0 Å². The Balaban J connectivity index is 0.00000180. The highest BCUT2D eigenvalue weighted by Crippen LogP contribution is 2.17. The normalized spacial score (nSPS) is 15.6. The second-order valence-corrected chi connectivity index (χ2v) is 4.43. The predicted octanol–water partition coefficient (Wildman–Crippen LogP) is 1.17. The summed E-state index contributed by atoms with van der Waals surface area (Å²) in [6.07, 6.45) is 3.06. The van der Waals surface area contributed by atoms with E-state index in [0.717, 1.165) is 25.9 Å². The third-order valence-corrected chi connectivity index (χ3v) is 3.29. The second-order valence-electron chi connectivity index (χ2n) is 4.43. The van der Waals surface area contributed by atoms with E-state index in [1.807, 2.05) is 0 Å². The quantitative estimate of drug-likeness (QED) is 0.645. The van der Waals surface area contributed by atoms with Gasteiger partial charge in [-0.2, -0.15) is 0 Å². The summed E-state index contributed by atoms with van der Waals surface area (Å²) >= 11 is 0. The van der Waals surface area contributed by atoms with Crippen LogP contribution in [0.2, 0.25) is 0 Å². The molecule has 106 valence electrons. The first kappa shape index (κ1) is 15.5. The molecule has 1 aromatic rings. The van der Waals surface area contributed by atoms with Gasteiger partial charge in [-0.1, -0.05) is 0 Å². The largest absolute Gasteiger partial charge is 0.351 e. The highest BCUT2D eigenvalue weighted by molar-refractivity contribution is 5.93. The van der Waals surface area contributed by atoms with E-state index < -0.39 is 4.92 Å². The van der Waals surface area contributed by atoms with Crippen molar-refractivity contribution in [1.29, 1.82) is 0 Å². The molecular formula is C11H17ClN4O3. The summed E-state index contributed by atoms with van der Waals surface area (Å²) in [5.41, 5.74) is 0.180. The molecule has 1 aromatic heterocycles. The number of carbonyl (C=O) groups excluding carboxylic acids is 1. The monoisotopic (exact) mass is 288 g/mol. The first-order valence-electron chi connectivity index (χ1n) is 5.90. The molecule has 7 nitrogen and oxygen atoms in total. The molecule has 0 aliphatic carbocycles. The SMILES string of the molecule is CN(C(=O)c1cc([N+](=O)[O-])c[nH]1)C1CCNCC1.Cl. The molecule has 0 radical (unpaired) electrons. The highest BCUT2D eigenvalue weighted by Gasteiger charge is 2.24. The van der Waals surface area contributed by atoms with E-state index in [1.54, 1.807) is 11.9 Å². The molecule has 1 aliphatic rings. The summed E-state index contributed by atoms with van der Waals surface area (Å²) in [5.74, 6) is -0.199. The van der Waals surface area contributed by atoms with Crippen molar-refractivity contribution in [3.05, 3.63) is 28.1 Å². The fourth-order valence-corrected chi connectivity index (χ4v) is 2.16. The van der Waals surface area contributed by atoms with Crippen molar-refractivity contribution in [1.82, 2.24) is 15.2 Å². The zero-order chi connectivity index (χ0) is 13.1. The number of amides is 1. The van der Waals surface area contributed by atoms with Crippen LogP contribution in [0, 0.1) is 10.1 Å². The van der Waals surface area contributed by atoms with Crippen LogP contribution in [-0.4, -0.2) is 46.9 Å². The second kappa shape index (κ2) is 6.53. The molecule has 0 aromatic carbocycles. The number of piperidine rings is 1. The Kier molecular flexibility index (Phi) is 5.31. The fourth-order valence-electron chi connectivity index (χ4n) is 2.16. The van der Waals surface area contributed by atoms with E-state index in [2.05, 4.69) is 10.3 Å². The molecular weight excluding hydrogens is 272 g/mol. The molecule has 19 heavy (non-hydrogen) atoms. The third-order valence-electron chi connectivity index (χ3n) is 3.29. The number of nitrogens with zero attached hydrogens (tertiary/aromatic N) is 2. The van der Waals surface area contributed by atoms with E-state index in [4.69, 9.17) is 0 Å². The molecule has 1 aliphatic heterocycles. The van der Waals surface area contributed by atoms with Crippen molar-refractivity contribution >= 4 is 24.0 Å². The molecule has 2 heterocycles. The van der Waals surface area contributed by atoms with Crippen LogP contribution in [0.4, 0.5) is 5.69 Å². The van der Waals surface area contributed by atoms with Crippen molar-refractivity contribution in [2.75, 3.05) is 20.1 Å². The van der Waals surface area contributed by atoms with E-state index >= 15 is 0 Å². The van der Waals surface area contributed by atoms with Gasteiger partial charge in [0.15, 0.2) is 0 Å². The van der Waals surface area contributed by atoms with Crippen LogP contribution >= 0.6 is 12.4 Å². The summed E-state index contributed by atoms with van der Waals surface area (Å²) in [6.45, 7) is 1.79. The molecule has 1 saturated heterocycles. The van der Waals surface area contributed by atoms with Crippen molar-refractivity contribution < 1.29 is 9.72 Å². The lowest BCUT2D eigenvalue weighted by Crippen LogP contribution is -2.44. The smallest absolute Gasteiger partial charge is 0.287 e. The standard InChI is InChI=1S/C11H16N4O3.ClH/c1-14(8-2-4-12-5-3-8)11(16)10-6-9(7-13-10)15(17)18;/h6-8,12-13H,2-5H2,1H3;1H. The molecule has 2 rings (SSSR count). The van der Waals surface area contributed by atoms with Crippen LogP contribution in [0.15, 0.2) is 12.3 Å². The van der Waals surface area contributed by atoms with Crippen molar-refractivity contribution in [2.45, 2.75) is 18.9 Å². The summed E-state index contributed by atoms with van der Waals surface area (Å²) in [4.78, 5) is 26.5. The Morgan fingerprint density at radius 1 is 1.47 bits per heavy atom. The molecule has 8 heteroatoms. The summed E-state index contributed by atoms with van der Waals surface area (Å²) in [7, 11) is 1.74. The van der Waals surface area contributed by atoms with E-state index in [-0.39, 0.29) is 35.7 Å². The minimum atomic E-state index is -0.516. The fraction of sp³-hybridized carbons (Fsp3) is 0.545. The lowest BCUT2D eigenvalue weighted by atomic mass is 10.1. The van der Waals surface area contributed by atoms with E-state index in [0.29, 0.717) is 0 Å². The summed E-state index contributed by atoms with van der Waals surface area (Å²) < 4.78 is 0. The minimum absolute atomic E-state index is 0. The molecule has 2 N–H and O–H groups in total. The summed E-state index contributed by atoms with van der Waals surface area (Å²) in [5, 5.41) is 13.8. The third kappa shape index (κ3) is 3.45. The van der Waals surface area contributed by atoms with Gasteiger partial charge in [-0.15, -0.1) is 12.4 Å². The molecule has 1 fully saturated rings.